The summed E-state index contributed by atoms with van der Waals surface area (Å²) in [6.45, 7) is 3.51. The maximum Gasteiger partial charge on any atom is 0.338 e. The highest BCUT2D eigenvalue weighted by molar-refractivity contribution is 6.51. The van der Waals surface area contributed by atoms with Crippen LogP contribution in [-0.4, -0.2) is 36.0 Å². The Labute approximate surface area is 203 Å². The second-order valence-electron chi connectivity index (χ2n) is 8.28. The molecule has 0 spiro atoms. The van der Waals surface area contributed by atoms with Crippen LogP contribution >= 0.6 is 0 Å². The highest BCUT2D eigenvalue weighted by Gasteiger charge is 2.47. The number of esters is 1. The SMILES string of the molecule is COc1ccccc1/C(O)=C1\C(=O)C(=O)N(c2ccc(C(=O)OC(C)C)cc2)C1c1ccccc1. The van der Waals surface area contributed by atoms with Crippen LogP contribution in [0.1, 0.15) is 41.4 Å². The predicted octanol–water partition coefficient (Wildman–Crippen LogP) is 4.89. The van der Waals surface area contributed by atoms with Crippen LogP contribution in [0.2, 0.25) is 0 Å². The smallest absolute Gasteiger partial charge is 0.338 e. The molecule has 178 valence electrons. The van der Waals surface area contributed by atoms with Crippen molar-refractivity contribution in [2.45, 2.75) is 26.0 Å². The summed E-state index contributed by atoms with van der Waals surface area (Å²) in [6, 6.07) is 21.1. The zero-order valence-corrected chi connectivity index (χ0v) is 19.6. The number of ether oxygens (including phenoxy) is 2. The molecule has 0 saturated carbocycles. The van der Waals surface area contributed by atoms with Crippen LogP contribution < -0.4 is 9.64 Å². The first-order chi connectivity index (χ1) is 16.8. The van der Waals surface area contributed by atoms with Gasteiger partial charge in [-0.05, 0) is 55.8 Å². The molecule has 1 aliphatic rings. The summed E-state index contributed by atoms with van der Waals surface area (Å²) < 4.78 is 10.6. The molecule has 1 amide bonds. The number of carbonyl (C=O) groups is 3. The van der Waals surface area contributed by atoms with Gasteiger partial charge in [0.2, 0.25) is 0 Å². The first kappa shape index (κ1) is 23.8. The van der Waals surface area contributed by atoms with E-state index in [9.17, 15) is 19.5 Å². The van der Waals surface area contributed by atoms with Crippen molar-refractivity contribution < 1.29 is 29.0 Å². The second-order valence-corrected chi connectivity index (χ2v) is 8.28. The number of nitrogens with zero attached hydrogens (tertiary/aromatic N) is 1. The number of aliphatic hydroxyl groups excluding tert-OH is 1. The Morgan fingerprint density at radius 2 is 1.54 bits per heavy atom. The van der Waals surface area contributed by atoms with Gasteiger partial charge in [0.1, 0.15) is 11.5 Å². The van der Waals surface area contributed by atoms with Crippen LogP contribution in [0.3, 0.4) is 0 Å². The Morgan fingerprint density at radius 3 is 2.17 bits per heavy atom. The van der Waals surface area contributed by atoms with E-state index in [1.165, 1.54) is 12.0 Å². The number of methoxy groups -OCH3 is 1. The summed E-state index contributed by atoms with van der Waals surface area (Å²) in [7, 11) is 1.46. The number of ketones is 1. The topological polar surface area (TPSA) is 93.1 Å². The van der Waals surface area contributed by atoms with Crippen LogP contribution in [0.25, 0.3) is 5.76 Å². The third-order valence-electron chi connectivity index (χ3n) is 5.65. The molecular formula is C28H25NO6. The van der Waals surface area contributed by atoms with Crippen molar-refractivity contribution in [3.05, 3.63) is 101 Å². The van der Waals surface area contributed by atoms with Crippen LogP contribution in [-0.2, 0) is 14.3 Å². The highest BCUT2D eigenvalue weighted by Crippen LogP contribution is 2.43. The van der Waals surface area contributed by atoms with Crippen molar-refractivity contribution >= 4 is 29.1 Å². The third-order valence-corrected chi connectivity index (χ3v) is 5.65. The molecular weight excluding hydrogens is 446 g/mol. The number of para-hydroxylation sites is 1. The molecule has 1 unspecified atom stereocenters. The van der Waals surface area contributed by atoms with Gasteiger partial charge in [-0.25, -0.2) is 4.79 Å². The molecule has 1 heterocycles. The number of Topliss-reactive ketones (excluding diaryl/α,β-unsaturated/α-hetero) is 1. The van der Waals surface area contributed by atoms with Crippen molar-refractivity contribution in [2.24, 2.45) is 0 Å². The van der Waals surface area contributed by atoms with Crippen molar-refractivity contribution in [3.8, 4) is 5.75 Å². The van der Waals surface area contributed by atoms with E-state index in [1.54, 1.807) is 86.6 Å². The van der Waals surface area contributed by atoms with Crippen LogP contribution in [0.4, 0.5) is 5.69 Å². The average molecular weight is 472 g/mol. The molecule has 1 saturated heterocycles. The Bertz CT molecular complexity index is 1290. The summed E-state index contributed by atoms with van der Waals surface area (Å²) in [5.74, 6) is -2.03. The lowest BCUT2D eigenvalue weighted by atomic mass is 9.95. The number of hydrogen-bond acceptors (Lipinski definition) is 6. The fourth-order valence-electron chi connectivity index (χ4n) is 4.08. The molecule has 4 rings (SSSR count). The quantitative estimate of drug-likeness (QED) is 0.238. The fourth-order valence-corrected chi connectivity index (χ4v) is 4.08. The summed E-state index contributed by atoms with van der Waals surface area (Å²) >= 11 is 0. The molecule has 0 bridgehead atoms. The first-order valence-electron chi connectivity index (χ1n) is 11.1. The van der Waals surface area contributed by atoms with E-state index in [0.717, 1.165) is 0 Å². The summed E-state index contributed by atoms with van der Waals surface area (Å²) in [6.07, 6.45) is -0.270. The van der Waals surface area contributed by atoms with E-state index in [1.807, 2.05) is 6.07 Å². The van der Waals surface area contributed by atoms with E-state index in [2.05, 4.69) is 0 Å². The molecule has 0 radical (unpaired) electrons. The molecule has 1 atom stereocenters. The molecule has 3 aromatic carbocycles. The Balaban J connectivity index is 1.85. The van der Waals surface area contributed by atoms with Gasteiger partial charge in [0.05, 0.1) is 36.0 Å². The summed E-state index contributed by atoms with van der Waals surface area (Å²) in [5.41, 5.74) is 1.63. The minimum atomic E-state index is -0.880. The van der Waals surface area contributed by atoms with Gasteiger partial charge in [-0.1, -0.05) is 42.5 Å². The number of rotatable bonds is 6. The lowest BCUT2D eigenvalue weighted by molar-refractivity contribution is -0.132. The van der Waals surface area contributed by atoms with Gasteiger partial charge in [0.25, 0.3) is 11.7 Å². The molecule has 35 heavy (non-hydrogen) atoms. The number of hydrogen-bond donors (Lipinski definition) is 1. The number of anilines is 1. The van der Waals surface area contributed by atoms with Crippen molar-refractivity contribution in [2.75, 3.05) is 12.0 Å². The van der Waals surface area contributed by atoms with Crippen LogP contribution in [0, 0.1) is 0 Å². The van der Waals surface area contributed by atoms with Gasteiger partial charge >= 0.3 is 5.97 Å². The highest BCUT2D eigenvalue weighted by atomic mass is 16.5. The van der Waals surface area contributed by atoms with Crippen molar-refractivity contribution in [3.63, 3.8) is 0 Å². The Hall–Kier alpha value is -4.39. The molecule has 3 aromatic rings. The van der Waals surface area contributed by atoms with E-state index >= 15 is 0 Å². The van der Waals surface area contributed by atoms with Gasteiger partial charge in [0, 0.05) is 5.69 Å². The van der Waals surface area contributed by atoms with Gasteiger partial charge < -0.3 is 14.6 Å². The minimum absolute atomic E-state index is 0.0472. The van der Waals surface area contributed by atoms with Crippen LogP contribution in [0.5, 0.6) is 5.75 Å². The summed E-state index contributed by atoms with van der Waals surface area (Å²) in [5, 5.41) is 11.3. The Kier molecular flexibility index (Phi) is 6.68. The van der Waals surface area contributed by atoms with Gasteiger partial charge in [-0.2, -0.15) is 0 Å². The van der Waals surface area contributed by atoms with E-state index < -0.39 is 23.7 Å². The van der Waals surface area contributed by atoms with Crippen molar-refractivity contribution in [1.29, 1.82) is 0 Å². The van der Waals surface area contributed by atoms with E-state index in [0.29, 0.717) is 28.1 Å². The largest absolute Gasteiger partial charge is 0.507 e. The monoisotopic (exact) mass is 471 g/mol. The third kappa shape index (κ3) is 4.53. The van der Waals surface area contributed by atoms with Gasteiger partial charge in [0.15, 0.2) is 0 Å². The molecule has 7 heteroatoms. The fraction of sp³-hybridized carbons (Fsp3) is 0.179. The molecule has 1 N–H and O–H groups in total. The second kappa shape index (κ2) is 9.85. The molecule has 1 aliphatic heterocycles. The average Bonchev–Trinajstić information content (AvgIpc) is 3.14. The first-order valence-corrected chi connectivity index (χ1v) is 11.1. The number of amides is 1. The molecule has 0 aromatic heterocycles. The zero-order valence-electron chi connectivity index (χ0n) is 19.6. The Morgan fingerprint density at radius 1 is 0.914 bits per heavy atom. The molecule has 1 fully saturated rings. The standard InChI is InChI=1S/C28H25NO6/c1-17(2)35-28(33)19-13-15-20(16-14-19)29-24(18-9-5-4-6-10-18)23(26(31)27(29)32)25(30)21-11-7-8-12-22(21)34-3/h4-17,24,30H,1-3H3/b25-23+. The summed E-state index contributed by atoms with van der Waals surface area (Å²) in [4.78, 5) is 40.1. The lowest BCUT2D eigenvalue weighted by Crippen LogP contribution is -2.29. The normalized spacial score (nSPS) is 17.0. The number of benzene rings is 3. The van der Waals surface area contributed by atoms with Crippen LogP contribution in [0.15, 0.2) is 84.4 Å². The maximum absolute atomic E-state index is 13.3. The van der Waals surface area contributed by atoms with E-state index in [4.69, 9.17) is 9.47 Å². The van der Waals surface area contributed by atoms with E-state index in [-0.39, 0.29) is 17.4 Å². The minimum Gasteiger partial charge on any atom is -0.507 e. The number of carbonyl (C=O) groups excluding carboxylic acids is 3. The number of aliphatic hydroxyl groups is 1. The maximum atomic E-state index is 13.3. The van der Waals surface area contributed by atoms with Gasteiger partial charge in [-0.15, -0.1) is 0 Å². The zero-order chi connectivity index (χ0) is 25.1. The molecule has 0 aliphatic carbocycles. The predicted molar refractivity (Wildman–Crippen MR) is 131 cm³/mol. The van der Waals surface area contributed by atoms with Gasteiger partial charge in [-0.3, -0.25) is 14.5 Å². The lowest BCUT2D eigenvalue weighted by Gasteiger charge is -2.25. The molecule has 7 nitrogen and oxygen atoms in total. The van der Waals surface area contributed by atoms with Crippen molar-refractivity contribution in [1.82, 2.24) is 0 Å².